The van der Waals surface area contributed by atoms with Crippen molar-refractivity contribution in [3.63, 3.8) is 0 Å². The Hall–Kier alpha value is -1.02. The highest BCUT2D eigenvalue weighted by molar-refractivity contribution is 5.41. The van der Waals surface area contributed by atoms with Crippen LogP contribution < -0.4 is 10.1 Å². The molecule has 1 aliphatic carbocycles. The lowest BCUT2D eigenvalue weighted by Crippen LogP contribution is -2.48. The SMILES string of the molecule is CCCNCC1(c2ccc(C)c(OC)c2)CC(CCC)C1. The standard InChI is InChI=1S/C19H31NO/c1-5-7-16-12-19(13-16,14-20-10-6-2)17-9-8-15(3)18(11-17)21-4/h8-9,11,16,20H,5-7,10,12-14H2,1-4H3. The molecule has 0 heterocycles. The normalized spacial score (nSPS) is 24.7. The summed E-state index contributed by atoms with van der Waals surface area (Å²) in [6, 6.07) is 6.79. The third-order valence-electron chi connectivity index (χ3n) is 4.97. The maximum Gasteiger partial charge on any atom is 0.122 e. The van der Waals surface area contributed by atoms with Gasteiger partial charge in [0, 0.05) is 12.0 Å². The van der Waals surface area contributed by atoms with E-state index in [0.717, 1.165) is 24.8 Å². The van der Waals surface area contributed by atoms with Gasteiger partial charge in [0.1, 0.15) is 5.75 Å². The van der Waals surface area contributed by atoms with Crippen LogP contribution >= 0.6 is 0 Å². The summed E-state index contributed by atoms with van der Waals surface area (Å²) >= 11 is 0. The second-order valence-electron chi connectivity index (χ2n) is 6.70. The van der Waals surface area contributed by atoms with Gasteiger partial charge in [-0.25, -0.2) is 0 Å². The Morgan fingerprint density at radius 1 is 1.24 bits per heavy atom. The molecule has 118 valence electrons. The number of hydrogen-bond acceptors (Lipinski definition) is 2. The fourth-order valence-corrected chi connectivity index (χ4v) is 3.79. The van der Waals surface area contributed by atoms with Crippen molar-refractivity contribution in [3.05, 3.63) is 29.3 Å². The Kier molecular flexibility index (Phi) is 5.69. The van der Waals surface area contributed by atoms with Crippen LogP contribution in [0.5, 0.6) is 5.75 Å². The lowest BCUT2D eigenvalue weighted by Gasteiger charge is -2.49. The predicted molar refractivity (Wildman–Crippen MR) is 90.2 cm³/mol. The van der Waals surface area contributed by atoms with Gasteiger partial charge in [-0.2, -0.15) is 0 Å². The summed E-state index contributed by atoms with van der Waals surface area (Å²) in [5, 5.41) is 3.65. The average molecular weight is 289 g/mol. The van der Waals surface area contributed by atoms with Gasteiger partial charge in [-0.3, -0.25) is 0 Å². The van der Waals surface area contributed by atoms with Crippen molar-refractivity contribution in [1.82, 2.24) is 5.32 Å². The van der Waals surface area contributed by atoms with Gasteiger partial charge in [0.2, 0.25) is 0 Å². The first-order valence-corrected chi connectivity index (χ1v) is 8.51. The Morgan fingerprint density at radius 3 is 2.62 bits per heavy atom. The minimum absolute atomic E-state index is 0.329. The molecule has 0 bridgehead atoms. The van der Waals surface area contributed by atoms with E-state index in [1.165, 1.54) is 43.2 Å². The van der Waals surface area contributed by atoms with E-state index in [-0.39, 0.29) is 0 Å². The summed E-state index contributed by atoms with van der Waals surface area (Å²) in [7, 11) is 1.77. The van der Waals surface area contributed by atoms with Gasteiger partial charge in [0.05, 0.1) is 7.11 Å². The largest absolute Gasteiger partial charge is 0.496 e. The van der Waals surface area contributed by atoms with Crippen LogP contribution in [0, 0.1) is 12.8 Å². The van der Waals surface area contributed by atoms with Gasteiger partial charge < -0.3 is 10.1 Å². The molecule has 0 atom stereocenters. The Morgan fingerprint density at radius 2 is 2.00 bits per heavy atom. The molecule has 0 spiro atoms. The Balaban J connectivity index is 2.16. The minimum atomic E-state index is 0.329. The zero-order valence-electron chi connectivity index (χ0n) is 14.2. The smallest absolute Gasteiger partial charge is 0.122 e. The van der Waals surface area contributed by atoms with Crippen LogP contribution in [-0.4, -0.2) is 20.2 Å². The summed E-state index contributed by atoms with van der Waals surface area (Å²) in [5.41, 5.74) is 3.01. The average Bonchev–Trinajstić information content (AvgIpc) is 2.45. The zero-order valence-corrected chi connectivity index (χ0v) is 14.2. The van der Waals surface area contributed by atoms with Crippen molar-refractivity contribution in [1.29, 1.82) is 0 Å². The summed E-state index contributed by atoms with van der Waals surface area (Å²) < 4.78 is 5.53. The van der Waals surface area contributed by atoms with Crippen molar-refractivity contribution in [3.8, 4) is 5.75 Å². The fraction of sp³-hybridized carbons (Fsp3) is 0.684. The topological polar surface area (TPSA) is 21.3 Å². The molecule has 2 rings (SSSR count). The minimum Gasteiger partial charge on any atom is -0.496 e. The predicted octanol–water partition coefficient (Wildman–Crippen LogP) is 4.45. The molecule has 1 saturated carbocycles. The maximum absolute atomic E-state index is 5.53. The van der Waals surface area contributed by atoms with Crippen molar-refractivity contribution in [2.45, 2.75) is 58.3 Å². The number of hydrogen-bond donors (Lipinski definition) is 1. The van der Waals surface area contributed by atoms with Crippen LogP contribution in [0.25, 0.3) is 0 Å². The lowest BCUT2D eigenvalue weighted by atomic mass is 9.57. The highest BCUT2D eigenvalue weighted by atomic mass is 16.5. The summed E-state index contributed by atoms with van der Waals surface area (Å²) in [5.74, 6) is 1.94. The molecule has 1 aliphatic rings. The number of rotatable bonds is 8. The molecule has 0 saturated heterocycles. The van der Waals surface area contributed by atoms with Crippen LogP contribution in [0.1, 0.15) is 57.1 Å². The van der Waals surface area contributed by atoms with Crippen LogP contribution in [0.2, 0.25) is 0 Å². The van der Waals surface area contributed by atoms with Gasteiger partial charge in [-0.15, -0.1) is 0 Å². The van der Waals surface area contributed by atoms with E-state index in [1.54, 1.807) is 7.11 Å². The molecule has 1 aromatic rings. The lowest BCUT2D eigenvalue weighted by molar-refractivity contribution is 0.128. The van der Waals surface area contributed by atoms with Crippen LogP contribution in [0.3, 0.4) is 0 Å². The van der Waals surface area contributed by atoms with Crippen molar-refractivity contribution >= 4 is 0 Å². The monoisotopic (exact) mass is 289 g/mol. The maximum atomic E-state index is 5.53. The van der Waals surface area contributed by atoms with Gasteiger partial charge in [0.25, 0.3) is 0 Å². The van der Waals surface area contributed by atoms with Gasteiger partial charge >= 0.3 is 0 Å². The first kappa shape index (κ1) is 16.4. The van der Waals surface area contributed by atoms with Crippen LogP contribution in [0.15, 0.2) is 18.2 Å². The van der Waals surface area contributed by atoms with Crippen molar-refractivity contribution < 1.29 is 4.74 Å². The molecule has 2 nitrogen and oxygen atoms in total. The number of aryl methyl sites for hydroxylation is 1. The molecule has 0 amide bonds. The molecule has 21 heavy (non-hydrogen) atoms. The zero-order chi connectivity index (χ0) is 15.3. The molecule has 0 aromatic heterocycles. The van der Waals surface area contributed by atoms with E-state index in [4.69, 9.17) is 4.74 Å². The molecule has 1 aromatic carbocycles. The first-order chi connectivity index (χ1) is 10.1. The van der Waals surface area contributed by atoms with E-state index in [2.05, 4.69) is 44.3 Å². The second-order valence-corrected chi connectivity index (χ2v) is 6.70. The molecule has 0 unspecified atom stereocenters. The van der Waals surface area contributed by atoms with Crippen LogP contribution in [0.4, 0.5) is 0 Å². The number of methoxy groups -OCH3 is 1. The summed E-state index contributed by atoms with van der Waals surface area (Å²) in [6.07, 6.45) is 6.53. The Bertz CT molecular complexity index is 443. The van der Waals surface area contributed by atoms with Gasteiger partial charge in [-0.1, -0.05) is 38.8 Å². The highest BCUT2D eigenvalue weighted by Crippen LogP contribution is 2.50. The van der Waals surface area contributed by atoms with E-state index >= 15 is 0 Å². The molecule has 0 radical (unpaired) electrons. The van der Waals surface area contributed by atoms with E-state index in [0.29, 0.717) is 5.41 Å². The van der Waals surface area contributed by atoms with Crippen molar-refractivity contribution in [2.75, 3.05) is 20.2 Å². The third-order valence-corrected chi connectivity index (χ3v) is 4.97. The first-order valence-electron chi connectivity index (χ1n) is 8.51. The fourth-order valence-electron chi connectivity index (χ4n) is 3.79. The quantitative estimate of drug-likeness (QED) is 0.714. The van der Waals surface area contributed by atoms with E-state index in [1.807, 2.05) is 0 Å². The summed E-state index contributed by atoms with van der Waals surface area (Å²) in [6.45, 7) is 8.86. The second kappa shape index (κ2) is 7.31. The molecular formula is C19H31NO. The van der Waals surface area contributed by atoms with E-state index < -0.39 is 0 Å². The molecule has 1 N–H and O–H groups in total. The molecule has 2 heteroatoms. The molecule has 0 aliphatic heterocycles. The summed E-state index contributed by atoms with van der Waals surface area (Å²) in [4.78, 5) is 0. The highest BCUT2D eigenvalue weighted by Gasteiger charge is 2.44. The Labute approximate surface area is 130 Å². The number of nitrogens with one attached hydrogen (secondary N) is 1. The molecule has 1 fully saturated rings. The van der Waals surface area contributed by atoms with E-state index in [9.17, 15) is 0 Å². The van der Waals surface area contributed by atoms with Gasteiger partial charge in [-0.05, 0) is 55.8 Å². The van der Waals surface area contributed by atoms with Crippen molar-refractivity contribution in [2.24, 2.45) is 5.92 Å². The number of benzene rings is 1. The number of ether oxygens (including phenoxy) is 1. The van der Waals surface area contributed by atoms with Crippen LogP contribution in [-0.2, 0) is 5.41 Å². The third kappa shape index (κ3) is 3.60. The molecular weight excluding hydrogens is 258 g/mol. The van der Waals surface area contributed by atoms with Gasteiger partial charge in [0.15, 0.2) is 0 Å².